The average Bonchev–Trinajstić information content (AvgIpc) is 1.64. The minimum Gasteiger partial charge on any atom is -0.366 e. The normalized spacial score (nSPS) is 12.2. The summed E-state index contributed by atoms with van der Waals surface area (Å²) in [7, 11) is 0. The van der Waals surface area contributed by atoms with Crippen LogP contribution < -0.4 is 5.73 Å². The van der Waals surface area contributed by atoms with Crippen molar-refractivity contribution in [2.75, 3.05) is 0 Å². The minimum absolute atomic E-state index is 0.157. The number of carbonyl (C=O) groups is 1. The lowest BCUT2D eigenvalue weighted by atomic mass is 10.2. The van der Waals surface area contributed by atoms with Gasteiger partial charge in [-0.05, 0) is 6.92 Å². The zero-order valence-electron chi connectivity index (χ0n) is 5.15. The molecule has 0 fully saturated rings. The predicted octanol–water partition coefficient (Wildman–Crippen LogP) is 0.901. The summed E-state index contributed by atoms with van der Waals surface area (Å²) in [4.78, 5) is 10.2. The first-order valence-corrected chi connectivity index (χ1v) is 2.38. The van der Waals surface area contributed by atoms with Gasteiger partial charge in [-0.3, -0.25) is 4.79 Å². The van der Waals surface area contributed by atoms with Gasteiger partial charge in [-0.2, -0.15) is 0 Å². The first-order valence-electron chi connectivity index (χ1n) is 2.38. The van der Waals surface area contributed by atoms with E-state index in [9.17, 15) is 9.18 Å². The van der Waals surface area contributed by atoms with E-state index in [4.69, 9.17) is 5.73 Å². The molecule has 2 nitrogen and oxygen atoms in total. The molecule has 50 valence electrons. The molecule has 0 heterocycles. The maximum absolute atomic E-state index is 12.1. The number of halogens is 1. The van der Waals surface area contributed by atoms with Gasteiger partial charge in [0.2, 0.25) is 0 Å². The molecule has 0 aromatic carbocycles. The molecule has 0 saturated carbocycles. The van der Waals surface area contributed by atoms with E-state index < -0.39 is 11.7 Å². The van der Waals surface area contributed by atoms with E-state index >= 15 is 0 Å². The van der Waals surface area contributed by atoms with Crippen LogP contribution in [0.5, 0.6) is 0 Å². The van der Waals surface area contributed by atoms with E-state index in [-0.39, 0.29) is 5.57 Å². The number of carbonyl (C=O) groups excluding carboxylic acids is 1. The molecule has 0 spiro atoms. The predicted molar refractivity (Wildman–Crippen MR) is 33.2 cm³/mol. The molecule has 0 atom stereocenters. The maximum Gasteiger partial charge on any atom is 0.251 e. The Bertz CT molecular complexity index is 168. The van der Waals surface area contributed by atoms with Crippen molar-refractivity contribution in [3.63, 3.8) is 0 Å². The number of rotatable bonds is 2. The van der Waals surface area contributed by atoms with E-state index in [1.54, 1.807) is 0 Å². The second-order valence-electron chi connectivity index (χ2n) is 1.52. The van der Waals surface area contributed by atoms with Gasteiger partial charge in [-0.25, -0.2) is 4.39 Å². The number of hydrogen-bond acceptors (Lipinski definition) is 1. The summed E-state index contributed by atoms with van der Waals surface area (Å²) in [6.07, 6.45) is 1.09. The van der Waals surface area contributed by atoms with Crippen molar-refractivity contribution in [1.82, 2.24) is 0 Å². The van der Waals surface area contributed by atoms with Gasteiger partial charge in [0.1, 0.15) is 5.83 Å². The second kappa shape index (κ2) is 3.02. The molecule has 0 radical (unpaired) electrons. The molecule has 0 aromatic rings. The molecule has 0 unspecified atom stereocenters. The van der Waals surface area contributed by atoms with Crippen molar-refractivity contribution < 1.29 is 9.18 Å². The molecule has 0 aliphatic rings. The van der Waals surface area contributed by atoms with Gasteiger partial charge in [-0.15, -0.1) is 0 Å². The zero-order valence-corrected chi connectivity index (χ0v) is 5.15. The highest BCUT2D eigenvalue weighted by molar-refractivity contribution is 5.95. The molecular weight excluding hydrogens is 121 g/mol. The summed E-state index contributed by atoms with van der Waals surface area (Å²) in [6.45, 7) is 4.36. The summed E-state index contributed by atoms with van der Waals surface area (Å²) < 4.78 is 12.1. The highest BCUT2D eigenvalue weighted by atomic mass is 19.1. The summed E-state index contributed by atoms with van der Waals surface area (Å²) in [5, 5.41) is 0. The first kappa shape index (κ1) is 7.88. The fourth-order valence-electron chi connectivity index (χ4n) is 0.411. The van der Waals surface area contributed by atoms with Crippen molar-refractivity contribution in [2.45, 2.75) is 6.92 Å². The third-order valence-electron chi connectivity index (χ3n) is 0.841. The quantitative estimate of drug-likeness (QED) is 0.437. The Morgan fingerprint density at radius 1 is 1.78 bits per heavy atom. The Hall–Kier alpha value is -1.12. The topological polar surface area (TPSA) is 43.1 Å². The SMILES string of the molecule is C=CC(C(N)=O)=C(C)F. The standard InChI is InChI=1S/C6H8FNO/c1-3-5(4(2)7)6(8)9/h3H,1H2,2H3,(H2,8,9). The van der Waals surface area contributed by atoms with E-state index in [1.807, 2.05) is 0 Å². The Kier molecular flexibility index (Phi) is 2.64. The Balaban J connectivity index is 4.55. The zero-order chi connectivity index (χ0) is 7.44. The minimum atomic E-state index is -0.787. The molecule has 0 bridgehead atoms. The number of hydrogen-bond donors (Lipinski definition) is 1. The molecule has 0 aliphatic heterocycles. The number of amides is 1. The van der Waals surface area contributed by atoms with E-state index in [0.29, 0.717) is 0 Å². The van der Waals surface area contributed by atoms with Gasteiger partial charge in [0, 0.05) is 0 Å². The number of allylic oxidation sites excluding steroid dienone is 1. The van der Waals surface area contributed by atoms with Crippen LogP contribution in [0.1, 0.15) is 6.92 Å². The third kappa shape index (κ3) is 2.08. The molecule has 2 N–H and O–H groups in total. The lowest BCUT2D eigenvalue weighted by Crippen LogP contribution is -2.12. The lowest BCUT2D eigenvalue weighted by Gasteiger charge is -1.92. The van der Waals surface area contributed by atoms with E-state index in [1.165, 1.54) is 0 Å². The van der Waals surface area contributed by atoms with Gasteiger partial charge >= 0.3 is 0 Å². The van der Waals surface area contributed by atoms with Gasteiger partial charge < -0.3 is 5.73 Å². The van der Waals surface area contributed by atoms with Crippen LogP contribution in [0.15, 0.2) is 24.1 Å². The summed E-state index contributed by atoms with van der Waals surface area (Å²) in [5.41, 5.74) is 4.58. The summed E-state index contributed by atoms with van der Waals surface area (Å²) in [5.74, 6) is -1.39. The van der Waals surface area contributed by atoms with Crippen LogP contribution in [-0.4, -0.2) is 5.91 Å². The largest absolute Gasteiger partial charge is 0.366 e. The van der Waals surface area contributed by atoms with Crippen LogP contribution in [-0.2, 0) is 4.79 Å². The molecule has 3 heteroatoms. The number of nitrogens with two attached hydrogens (primary N) is 1. The Labute approximate surface area is 52.9 Å². The van der Waals surface area contributed by atoms with Crippen LogP contribution in [0.3, 0.4) is 0 Å². The van der Waals surface area contributed by atoms with Gasteiger partial charge in [0.15, 0.2) is 0 Å². The Morgan fingerprint density at radius 3 is 2.22 bits per heavy atom. The van der Waals surface area contributed by atoms with Crippen LogP contribution in [0.2, 0.25) is 0 Å². The Morgan fingerprint density at radius 2 is 2.22 bits per heavy atom. The van der Waals surface area contributed by atoms with Gasteiger partial charge in [0.25, 0.3) is 5.91 Å². The molecule has 0 aromatic heterocycles. The van der Waals surface area contributed by atoms with Crippen molar-refractivity contribution in [3.05, 3.63) is 24.1 Å². The monoisotopic (exact) mass is 129 g/mol. The second-order valence-corrected chi connectivity index (χ2v) is 1.52. The molecule has 0 rings (SSSR count). The van der Waals surface area contributed by atoms with Crippen LogP contribution in [0.25, 0.3) is 0 Å². The fraction of sp³-hybridized carbons (Fsp3) is 0.167. The van der Waals surface area contributed by atoms with Crippen molar-refractivity contribution in [3.8, 4) is 0 Å². The summed E-state index contributed by atoms with van der Waals surface area (Å²) in [6, 6.07) is 0. The first-order chi connectivity index (χ1) is 4.09. The van der Waals surface area contributed by atoms with Gasteiger partial charge in [0.05, 0.1) is 5.57 Å². The molecule has 9 heavy (non-hydrogen) atoms. The van der Waals surface area contributed by atoms with Gasteiger partial charge in [-0.1, -0.05) is 12.7 Å². The third-order valence-corrected chi connectivity index (χ3v) is 0.841. The maximum atomic E-state index is 12.1. The number of primary amides is 1. The van der Waals surface area contributed by atoms with E-state index in [0.717, 1.165) is 13.0 Å². The lowest BCUT2D eigenvalue weighted by molar-refractivity contribution is -0.114. The van der Waals surface area contributed by atoms with Crippen molar-refractivity contribution >= 4 is 5.91 Å². The van der Waals surface area contributed by atoms with E-state index in [2.05, 4.69) is 6.58 Å². The van der Waals surface area contributed by atoms with Crippen LogP contribution in [0, 0.1) is 0 Å². The molecular formula is C6H8FNO. The van der Waals surface area contributed by atoms with Crippen molar-refractivity contribution in [2.24, 2.45) is 5.73 Å². The van der Waals surface area contributed by atoms with Crippen LogP contribution in [0.4, 0.5) is 4.39 Å². The average molecular weight is 129 g/mol. The molecule has 0 saturated heterocycles. The van der Waals surface area contributed by atoms with Crippen LogP contribution >= 0.6 is 0 Å². The molecule has 1 amide bonds. The highest BCUT2D eigenvalue weighted by Gasteiger charge is 2.02. The smallest absolute Gasteiger partial charge is 0.251 e. The highest BCUT2D eigenvalue weighted by Crippen LogP contribution is 2.04. The van der Waals surface area contributed by atoms with Crippen molar-refractivity contribution in [1.29, 1.82) is 0 Å². The summed E-state index contributed by atoms with van der Waals surface area (Å²) >= 11 is 0. The fourth-order valence-corrected chi connectivity index (χ4v) is 0.411. The molecule has 0 aliphatic carbocycles.